The Labute approximate surface area is 121 Å². The van der Waals surface area contributed by atoms with Gasteiger partial charge in [-0.1, -0.05) is 12.1 Å². The van der Waals surface area contributed by atoms with Crippen LogP contribution in [-0.2, 0) is 6.54 Å². The number of hydrogen-bond acceptors (Lipinski definition) is 2. The van der Waals surface area contributed by atoms with Crippen molar-refractivity contribution in [2.24, 2.45) is 0 Å². The van der Waals surface area contributed by atoms with E-state index in [0.29, 0.717) is 11.0 Å². The zero-order chi connectivity index (χ0) is 13.8. The monoisotopic (exact) mass is 322 g/mol. The van der Waals surface area contributed by atoms with Crippen LogP contribution in [0.15, 0.2) is 46.9 Å². The van der Waals surface area contributed by atoms with E-state index in [2.05, 4.69) is 27.8 Å². The van der Waals surface area contributed by atoms with Crippen LogP contribution in [0, 0.1) is 5.82 Å². The second kappa shape index (κ2) is 6.06. The predicted molar refractivity (Wildman–Crippen MR) is 81.7 cm³/mol. The zero-order valence-corrected chi connectivity index (χ0v) is 12.3. The van der Waals surface area contributed by atoms with Crippen molar-refractivity contribution >= 4 is 27.3 Å². The largest absolute Gasteiger partial charge is 0.399 e. The molecular formula is C15H16BrFN2. The van der Waals surface area contributed by atoms with E-state index >= 15 is 0 Å². The molecule has 2 rings (SSSR count). The minimum Gasteiger partial charge on any atom is -0.399 e. The highest BCUT2D eigenvalue weighted by atomic mass is 79.9. The average molecular weight is 323 g/mol. The zero-order valence-electron chi connectivity index (χ0n) is 10.7. The minimum atomic E-state index is -0.231. The normalized spacial score (nSPS) is 10.5. The lowest BCUT2D eigenvalue weighted by molar-refractivity contribution is 0.617. The van der Waals surface area contributed by atoms with Crippen molar-refractivity contribution in [1.29, 1.82) is 0 Å². The number of hydrogen-bond donors (Lipinski definition) is 1. The molecule has 0 aliphatic rings. The van der Waals surface area contributed by atoms with Crippen molar-refractivity contribution in [3.05, 3.63) is 58.3 Å². The lowest BCUT2D eigenvalue weighted by atomic mass is 10.2. The number of nitrogen functional groups attached to an aromatic ring is 1. The maximum absolute atomic E-state index is 13.5. The Morgan fingerprint density at radius 2 is 1.84 bits per heavy atom. The summed E-state index contributed by atoms with van der Waals surface area (Å²) in [4.78, 5) is 2.17. The van der Waals surface area contributed by atoms with E-state index in [9.17, 15) is 4.39 Å². The summed E-state index contributed by atoms with van der Waals surface area (Å²) in [6.45, 7) is 3.56. The van der Waals surface area contributed by atoms with E-state index < -0.39 is 0 Å². The molecule has 100 valence electrons. The van der Waals surface area contributed by atoms with Crippen molar-refractivity contribution in [1.82, 2.24) is 0 Å². The van der Waals surface area contributed by atoms with E-state index in [-0.39, 0.29) is 5.82 Å². The Balaban J connectivity index is 2.24. The fourth-order valence-electron chi connectivity index (χ4n) is 1.95. The Bertz CT molecular complexity index is 555. The van der Waals surface area contributed by atoms with E-state index in [0.717, 1.165) is 23.5 Å². The van der Waals surface area contributed by atoms with Gasteiger partial charge in [-0.15, -0.1) is 0 Å². The first-order valence-electron chi connectivity index (χ1n) is 6.15. The number of anilines is 2. The van der Waals surface area contributed by atoms with Crippen molar-refractivity contribution in [2.75, 3.05) is 17.2 Å². The lowest BCUT2D eigenvalue weighted by Gasteiger charge is -2.24. The fraction of sp³-hybridized carbons (Fsp3) is 0.200. The molecule has 0 radical (unpaired) electrons. The third-order valence-electron chi connectivity index (χ3n) is 3.03. The first-order chi connectivity index (χ1) is 9.11. The van der Waals surface area contributed by atoms with Gasteiger partial charge in [0.2, 0.25) is 0 Å². The highest BCUT2D eigenvalue weighted by Gasteiger charge is 2.10. The number of nitrogens with two attached hydrogens (primary N) is 1. The highest BCUT2D eigenvalue weighted by Crippen LogP contribution is 2.24. The van der Waals surface area contributed by atoms with Gasteiger partial charge in [0.1, 0.15) is 5.82 Å². The molecule has 0 saturated heterocycles. The highest BCUT2D eigenvalue weighted by molar-refractivity contribution is 9.10. The van der Waals surface area contributed by atoms with Crippen LogP contribution in [-0.4, -0.2) is 6.54 Å². The molecule has 0 saturated carbocycles. The third-order valence-corrected chi connectivity index (χ3v) is 3.92. The molecule has 0 aliphatic heterocycles. The van der Waals surface area contributed by atoms with Gasteiger partial charge >= 0.3 is 0 Å². The summed E-state index contributed by atoms with van der Waals surface area (Å²) >= 11 is 3.30. The second-order valence-electron chi connectivity index (χ2n) is 4.32. The van der Waals surface area contributed by atoms with Crippen LogP contribution in [0.1, 0.15) is 12.5 Å². The summed E-state index contributed by atoms with van der Waals surface area (Å²) in [6, 6.07) is 12.8. The van der Waals surface area contributed by atoms with Gasteiger partial charge in [-0.2, -0.15) is 0 Å². The Hall–Kier alpha value is -1.55. The van der Waals surface area contributed by atoms with Gasteiger partial charge in [-0.05, 0) is 58.7 Å². The number of rotatable bonds is 4. The number of benzene rings is 2. The Morgan fingerprint density at radius 1 is 1.16 bits per heavy atom. The van der Waals surface area contributed by atoms with Gasteiger partial charge in [0.25, 0.3) is 0 Å². The van der Waals surface area contributed by atoms with Crippen LogP contribution in [0.2, 0.25) is 0 Å². The molecule has 4 heteroatoms. The first kappa shape index (κ1) is 13.9. The quantitative estimate of drug-likeness (QED) is 0.855. The standard InChI is InChI=1S/C15H16BrFN2/c1-2-19(13-8-6-12(18)7-9-13)10-11-4-3-5-14(17)15(11)16/h3-9H,2,10,18H2,1H3. The average Bonchev–Trinajstić information content (AvgIpc) is 2.42. The maximum Gasteiger partial charge on any atom is 0.137 e. The van der Waals surface area contributed by atoms with Crippen molar-refractivity contribution in [3.63, 3.8) is 0 Å². The van der Waals surface area contributed by atoms with Crippen LogP contribution in [0.4, 0.5) is 15.8 Å². The molecule has 2 N–H and O–H groups in total. The van der Waals surface area contributed by atoms with Crippen molar-refractivity contribution < 1.29 is 4.39 Å². The molecule has 2 nitrogen and oxygen atoms in total. The molecule has 0 fully saturated rings. The van der Waals surface area contributed by atoms with Gasteiger partial charge in [0.05, 0.1) is 4.47 Å². The molecule has 19 heavy (non-hydrogen) atoms. The van der Waals surface area contributed by atoms with Gasteiger partial charge < -0.3 is 10.6 Å². The maximum atomic E-state index is 13.5. The first-order valence-corrected chi connectivity index (χ1v) is 6.94. The van der Waals surface area contributed by atoms with Gasteiger partial charge in [0, 0.05) is 24.5 Å². The molecular weight excluding hydrogens is 307 g/mol. The van der Waals surface area contributed by atoms with E-state index in [4.69, 9.17) is 5.73 Å². The molecule has 0 spiro atoms. The van der Waals surface area contributed by atoms with E-state index in [1.165, 1.54) is 6.07 Å². The summed E-state index contributed by atoms with van der Waals surface area (Å²) in [5.74, 6) is -0.231. The molecule has 0 aliphatic carbocycles. The van der Waals surface area contributed by atoms with Crippen molar-refractivity contribution in [3.8, 4) is 0 Å². The molecule has 2 aromatic rings. The summed E-state index contributed by atoms with van der Waals surface area (Å²) in [5, 5.41) is 0. The Morgan fingerprint density at radius 3 is 2.47 bits per heavy atom. The lowest BCUT2D eigenvalue weighted by Crippen LogP contribution is -2.22. The fourth-order valence-corrected chi connectivity index (χ4v) is 2.34. The molecule has 0 unspecified atom stereocenters. The van der Waals surface area contributed by atoms with Gasteiger partial charge in [0.15, 0.2) is 0 Å². The van der Waals surface area contributed by atoms with Gasteiger partial charge in [-0.3, -0.25) is 0 Å². The molecule has 0 bridgehead atoms. The predicted octanol–water partition coefficient (Wildman–Crippen LogP) is 4.20. The van der Waals surface area contributed by atoms with Crippen LogP contribution in [0.25, 0.3) is 0 Å². The summed E-state index contributed by atoms with van der Waals surface area (Å²) < 4.78 is 14.0. The van der Waals surface area contributed by atoms with Gasteiger partial charge in [-0.25, -0.2) is 4.39 Å². The van der Waals surface area contributed by atoms with Crippen LogP contribution < -0.4 is 10.6 Å². The van der Waals surface area contributed by atoms with E-state index in [1.54, 1.807) is 6.07 Å². The van der Waals surface area contributed by atoms with Crippen molar-refractivity contribution in [2.45, 2.75) is 13.5 Å². The molecule has 0 heterocycles. The second-order valence-corrected chi connectivity index (χ2v) is 5.11. The molecule has 0 amide bonds. The summed E-state index contributed by atoms with van der Waals surface area (Å²) in [5.41, 5.74) is 8.44. The SMILES string of the molecule is CCN(Cc1cccc(F)c1Br)c1ccc(N)cc1. The smallest absolute Gasteiger partial charge is 0.137 e. The van der Waals surface area contributed by atoms with E-state index in [1.807, 2.05) is 30.3 Å². The molecule has 0 aromatic heterocycles. The minimum absolute atomic E-state index is 0.231. The molecule has 2 aromatic carbocycles. The molecule has 0 atom stereocenters. The summed E-state index contributed by atoms with van der Waals surface area (Å²) in [6.07, 6.45) is 0. The number of halogens is 2. The van der Waals surface area contributed by atoms with Crippen LogP contribution in [0.3, 0.4) is 0 Å². The van der Waals surface area contributed by atoms with Crippen LogP contribution >= 0.6 is 15.9 Å². The number of nitrogens with zero attached hydrogens (tertiary/aromatic N) is 1. The van der Waals surface area contributed by atoms with Crippen LogP contribution in [0.5, 0.6) is 0 Å². The third kappa shape index (κ3) is 3.26. The topological polar surface area (TPSA) is 29.3 Å². The Kier molecular flexibility index (Phi) is 4.43. The summed E-state index contributed by atoms with van der Waals surface area (Å²) in [7, 11) is 0.